The predicted octanol–water partition coefficient (Wildman–Crippen LogP) is 1.64. The lowest BCUT2D eigenvalue weighted by molar-refractivity contribution is -0.667. The predicted molar refractivity (Wildman–Crippen MR) is 69.1 cm³/mol. The Hall–Kier alpha value is 0.370. The van der Waals surface area contributed by atoms with Crippen LogP contribution in [0.15, 0.2) is 0 Å². The van der Waals surface area contributed by atoms with E-state index in [9.17, 15) is 13.2 Å². The van der Waals surface area contributed by atoms with E-state index in [1.54, 1.807) is 0 Å². The van der Waals surface area contributed by atoms with Gasteiger partial charge < -0.3 is 24.0 Å². The average molecular weight is 480 g/mol. The highest BCUT2D eigenvalue weighted by atomic mass is 127. The van der Waals surface area contributed by atoms with E-state index in [-0.39, 0.29) is 55.1 Å². The minimum Gasteiger partial charge on any atom is -1.00 e. The number of alkyl halides is 3. The van der Waals surface area contributed by atoms with Crippen LogP contribution in [0.5, 0.6) is 0 Å². The molecule has 0 aliphatic carbocycles. The molecule has 0 unspecified atom stereocenters. The molecule has 2 nitrogen and oxygen atoms in total. The molecule has 1 heterocycles. The fourth-order valence-corrected chi connectivity index (χ4v) is 3.12. The van der Waals surface area contributed by atoms with Crippen molar-refractivity contribution in [1.29, 1.82) is 0 Å². The molecule has 0 fully saturated rings. The Morgan fingerprint density at radius 1 is 0.950 bits per heavy atom. The average Bonchev–Trinajstić information content (AvgIpc) is 2.55. The number of aryl methyl sites for hydroxylation is 2. The first kappa shape index (κ1) is 18.4. The number of benzene rings is 1. The number of rotatable bonds is 0. The van der Waals surface area contributed by atoms with Crippen LogP contribution >= 0.6 is 46.4 Å². The van der Waals surface area contributed by atoms with Crippen LogP contribution in [0.2, 0.25) is 20.1 Å². The summed E-state index contributed by atoms with van der Waals surface area (Å²) in [5.41, 5.74) is 0.159. The third-order valence-electron chi connectivity index (χ3n) is 2.78. The van der Waals surface area contributed by atoms with Gasteiger partial charge >= 0.3 is 12.0 Å². The van der Waals surface area contributed by atoms with E-state index in [0.29, 0.717) is 0 Å². The van der Waals surface area contributed by atoms with Crippen molar-refractivity contribution in [3.63, 3.8) is 0 Å². The number of hydrogen-bond donors (Lipinski definition) is 0. The number of aromatic nitrogens is 2. The van der Waals surface area contributed by atoms with Gasteiger partial charge in [0.15, 0.2) is 11.0 Å². The van der Waals surface area contributed by atoms with Crippen LogP contribution in [0, 0.1) is 0 Å². The Kier molecular flexibility index (Phi) is 5.41. The Morgan fingerprint density at radius 3 is 1.85 bits per heavy atom. The Bertz CT molecular complexity index is 646. The first-order chi connectivity index (χ1) is 8.59. The summed E-state index contributed by atoms with van der Waals surface area (Å²) in [6.07, 6.45) is -4.56. The molecule has 0 saturated carbocycles. The van der Waals surface area contributed by atoms with Gasteiger partial charge in [-0.15, -0.1) is 0 Å². The van der Waals surface area contributed by atoms with Crippen molar-refractivity contribution >= 4 is 57.4 Å². The summed E-state index contributed by atoms with van der Waals surface area (Å²) >= 11 is 23.6. The van der Waals surface area contributed by atoms with E-state index in [4.69, 9.17) is 46.4 Å². The zero-order valence-corrected chi connectivity index (χ0v) is 15.1. The van der Waals surface area contributed by atoms with Gasteiger partial charge in [-0.1, -0.05) is 46.4 Å². The van der Waals surface area contributed by atoms with Crippen LogP contribution in [0.3, 0.4) is 0 Å². The minimum absolute atomic E-state index is 0. The van der Waals surface area contributed by atoms with Gasteiger partial charge in [-0.3, -0.25) is 0 Å². The molecule has 0 amide bonds. The lowest BCUT2D eigenvalue weighted by Gasteiger charge is -2.02. The molecule has 0 aliphatic rings. The van der Waals surface area contributed by atoms with Crippen molar-refractivity contribution in [2.24, 2.45) is 14.1 Å². The molecule has 0 spiro atoms. The Labute approximate surface area is 149 Å². The van der Waals surface area contributed by atoms with Crippen molar-refractivity contribution in [2.75, 3.05) is 0 Å². The van der Waals surface area contributed by atoms with Crippen LogP contribution in [-0.4, -0.2) is 4.57 Å². The van der Waals surface area contributed by atoms with Gasteiger partial charge in [-0.2, -0.15) is 13.2 Å². The molecule has 0 bridgehead atoms. The third kappa shape index (κ3) is 2.58. The Balaban J connectivity index is 0.00000200. The van der Waals surface area contributed by atoms with E-state index in [0.717, 1.165) is 9.13 Å². The van der Waals surface area contributed by atoms with Gasteiger partial charge in [0, 0.05) is 0 Å². The maximum absolute atomic E-state index is 13.0. The van der Waals surface area contributed by atoms with Crippen LogP contribution in [0.1, 0.15) is 5.82 Å². The highest BCUT2D eigenvalue weighted by Crippen LogP contribution is 2.43. The highest BCUT2D eigenvalue weighted by Gasteiger charge is 2.46. The van der Waals surface area contributed by atoms with Crippen molar-refractivity contribution < 1.29 is 41.7 Å². The van der Waals surface area contributed by atoms with Crippen LogP contribution < -0.4 is 28.5 Å². The minimum atomic E-state index is -4.56. The number of halogens is 8. The molecule has 1 aromatic carbocycles. The zero-order chi connectivity index (χ0) is 14.7. The van der Waals surface area contributed by atoms with Crippen molar-refractivity contribution in [1.82, 2.24) is 4.57 Å². The SMILES string of the molecule is Cn1c(C(F)(F)F)[n+](C)c2c(Cl)c(Cl)c(Cl)c(Cl)c21.[I-]. The molecule has 0 N–H and O–H groups in total. The molecular formula is C10H6Cl4F3IN2. The quantitative estimate of drug-likeness (QED) is 0.235. The van der Waals surface area contributed by atoms with Gasteiger partial charge in [-0.25, -0.2) is 9.13 Å². The molecule has 0 saturated heterocycles. The summed E-state index contributed by atoms with van der Waals surface area (Å²) in [7, 11) is 2.47. The summed E-state index contributed by atoms with van der Waals surface area (Å²) in [6, 6.07) is 0. The van der Waals surface area contributed by atoms with E-state index < -0.39 is 12.0 Å². The first-order valence-electron chi connectivity index (χ1n) is 4.86. The van der Waals surface area contributed by atoms with Crippen LogP contribution in [-0.2, 0) is 20.3 Å². The lowest BCUT2D eigenvalue weighted by Crippen LogP contribution is -3.00. The molecule has 0 atom stereocenters. The molecule has 1 aromatic heterocycles. The number of nitrogens with zero attached hydrogens (tertiary/aromatic N) is 2. The second-order valence-electron chi connectivity index (χ2n) is 3.89. The van der Waals surface area contributed by atoms with Gasteiger partial charge in [0.25, 0.3) is 0 Å². The molecule has 10 heteroatoms. The van der Waals surface area contributed by atoms with Crippen molar-refractivity contribution in [2.45, 2.75) is 6.18 Å². The fraction of sp³-hybridized carbons (Fsp3) is 0.300. The van der Waals surface area contributed by atoms with E-state index >= 15 is 0 Å². The second-order valence-corrected chi connectivity index (χ2v) is 5.40. The molecule has 20 heavy (non-hydrogen) atoms. The van der Waals surface area contributed by atoms with Crippen LogP contribution in [0.4, 0.5) is 13.2 Å². The zero-order valence-electron chi connectivity index (χ0n) is 9.92. The molecular weight excluding hydrogens is 474 g/mol. The third-order valence-corrected chi connectivity index (χ3v) is 4.56. The number of fused-ring (bicyclic) bond motifs is 1. The van der Waals surface area contributed by atoms with Crippen LogP contribution in [0.25, 0.3) is 11.0 Å². The summed E-state index contributed by atoms with van der Waals surface area (Å²) < 4.78 is 40.8. The maximum Gasteiger partial charge on any atom is 0.495 e. The van der Waals surface area contributed by atoms with Gasteiger partial charge in [0.05, 0.1) is 24.1 Å². The Morgan fingerprint density at radius 2 is 1.40 bits per heavy atom. The summed E-state index contributed by atoms with van der Waals surface area (Å²) in [6.45, 7) is 0. The smallest absolute Gasteiger partial charge is 0.495 e. The lowest BCUT2D eigenvalue weighted by atomic mass is 10.3. The molecule has 2 aromatic rings. The van der Waals surface area contributed by atoms with Crippen molar-refractivity contribution in [3.8, 4) is 0 Å². The van der Waals surface area contributed by atoms with Gasteiger partial charge in [0.1, 0.15) is 10.0 Å². The molecule has 112 valence electrons. The maximum atomic E-state index is 13.0. The summed E-state index contributed by atoms with van der Waals surface area (Å²) in [5.74, 6) is -0.912. The molecule has 2 rings (SSSR count). The van der Waals surface area contributed by atoms with E-state index in [1.165, 1.54) is 14.1 Å². The molecule has 0 aliphatic heterocycles. The topological polar surface area (TPSA) is 8.81 Å². The summed E-state index contributed by atoms with van der Waals surface area (Å²) in [5, 5.41) is -0.286. The van der Waals surface area contributed by atoms with E-state index in [2.05, 4.69) is 0 Å². The largest absolute Gasteiger partial charge is 1.00 e. The second kappa shape index (κ2) is 5.87. The van der Waals surface area contributed by atoms with Gasteiger partial charge in [0.2, 0.25) is 0 Å². The van der Waals surface area contributed by atoms with Crippen molar-refractivity contribution in [3.05, 3.63) is 25.9 Å². The summed E-state index contributed by atoms with van der Waals surface area (Å²) in [4.78, 5) is 0. The monoisotopic (exact) mass is 478 g/mol. The highest BCUT2D eigenvalue weighted by molar-refractivity contribution is 6.54. The number of hydrogen-bond acceptors (Lipinski definition) is 0. The fourth-order valence-electron chi connectivity index (χ4n) is 2.04. The normalized spacial score (nSPS) is 11.8. The van der Waals surface area contributed by atoms with Gasteiger partial charge in [-0.05, 0) is 0 Å². The standard InChI is InChI=1S/C10H6Cl4F3N2.HI/c1-18-7-5(13)3(11)4(12)6(14)8(7)19(2)9(18)10(15,16)17;/h1-2H3;1H/q+1;/p-1. The molecule has 0 radical (unpaired) electrons. The van der Waals surface area contributed by atoms with E-state index in [1.807, 2.05) is 0 Å². The first-order valence-corrected chi connectivity index (χ1v) is 6.37. The number of imidazole rings is 1.